The number of benzene rings is 2. The molecule has 13 heteroatoms. The number of methoxy groups -OCH3 is 1. The Morgan fingerprint density at radius 3 is 1.77 bits per heavy atom. The summed E-state index contributed by atoms with van der Waals surface area (Å²) in [4.78, 5) is 54.2. The Labute approximate surface area is 444 Å². The number of fused-ring (bicyclic) bond motifs is 2. The minimum absolute atomic E-state index is 0.00424. The maximum Gasteiger partial charge on any atom is 0.338 e. The molecule has 416 valence electrons. The van der Waals surface area contributed by atoms with Crippen molar-refractivity contribution >= 4 is 23.8 Å². The van der Waals surface area contributed by atoms with E-state index in [4.69, 9.17) is 33.2 Å². The van der Waals surface area contributed by atoms with Crippen LogP contribution in [-0.4, -0.2) is 92.1 Å². The van der Waals surface area contributed by atoms with Crippen LogP contribution in [0.3, 0.4) is 0 Å². The van der Waals surface area contributed by atoms with Crippen LogP contribution in [0.1, 0.15) is 222 Å². The number of allylic oxidation sites excluding steroid dienone is 1. The SMILES string of the molecule is CCCCCCCCCCCCC/C=C/[C@H]1OC(=O)CCC(=O)OC[C@H]2O[C@@H](OC[C@@H]1NC(=O)CCCCCCCCCCCCCCCCC)[C@H](OC(=O)c1ccccc1)[C@@H](OCc1ccc(OC)cc1)[C@@H]2O. The summed E-state index contributed by atoms with van der Waals surface area (Å²) in [5.41, 5.74) is 1.01. The summed E-state index contributed by atoms with van der Waals surface area (Å²) in [6.07, 6.45) is 28.4. The summed E-state index contributed by atoms with van der Waals surface area (Å²) in [6.45, 7) is 3.87. The van der Waals surface area contributed by atoms with E-state index in [2.05, 4.69) is 19.2 Å². The highest BCUT2D eigenvalue weighted by Crippen LogP contribution is 2.30. The van der Waals surface area contributed by atoms with Gasteiger partial charge in [-0.15, -0.1) is 0 Å². The highest BCUT2D eigenvalue weighted by atomic mass is 16.7. The molecule has 0 aliphatic carbocycles. The minimum atomic E-state index is -1.45. The topological polar surface area (TPSA) is 165 Å². The largest absolute Gasteiger partial charge is 0.497 e. The third kappa shape index (κ3) is 26.0. The molecule has 2 aromatic carbocycles. The summed E-state index contributed by atoms with van der Waals surface area (Å²) in [5, 5.41) is 15.0. The van der Waals surface area contributed by atoms with E-state index in [0.717, 1.165) is 50.5 Å². The monoisotopic (exact) mass is 1030 g/mol. The Hall–Kier alpha value is -4.30. The molecule has 2 fully saturated rings. The van der Waals surface area contributed by atoms with Crippen LogP contribution in [0, 0.1) is 0 Å². The first-order chi connectivity index (χ1) is 36.2. The van der Waals surface area contributed by atoms with Gasteiger partial charge >= 0.3 is 17.9 Å². The van der Waals surface area contributed by atoms with Crippen molar-refractivity contribution in [3.8, 4) is 5.75 Å². The molecule has 0 radical (unpaired) electrons. The van der Waals surface area contributed by atoms with Crippen molar-refractivity contribution in [1.29, 1.82) is 0 Å². The first-order valence-electron chi connectivity index (χ1n) is 29.0. The number of esters is 3. The van der Waals surface area contributed by atoms with Crippen LogP contribution in [0.4, 0.5) is 0 Å². The summed E-state index contributed by atoms with van der Waals surface area (Å²) >= 11 is 0. The van der Waals surface area contributed by atoms with E-state index < -0.39 is 67.4 Å². The highest BCUT2D eigenvalue weighted by molar-refractivity contribution is 5.89. The second-order valence-electron chi connectivity index (χ2n) is 20.5. The number of unbranched alkanes of at least 4 members (excludes halogenated alkanes) is 25. The number of amides is 1. The Kier molecular flexibility index (Phi) is 32.9. The van der Waals surface area contributed by atoms with Crippen molar-refractivity contribution < 1.29 is 57.4 Å². The molecule has 0 spiro atoms. The third-order valence-electron chi connectivity index (χ3n) is 14.2. The van der Waals surface area contributed by atoms with Crippen molar-refractivity contribution in [1.82, 2.24) is 5.32 Å². The first kappa shape index (κ1) is 62.2. The molecule has 2 saturated heterocycles. The Bertz CT molecular complexity index is 1820. The smallest absolute Gasteiger partial charge is 0.338 e. The average molecular weight is 1030 g/mol. The van der Waals surface area contributed by atoms with E-state index in [-0.39, 0.29) is 43.9 Å². The summed E-state index contributed by atoms with van der Waals surface area (Å²) in [5.74, 6) is -1.60. The molecule has 2 aliphatic rings. The van der Waals surface area contributed by atoms with Gasteiger partial charge in [0.15, 0.2) is 12.4 Å². The summed E-state index contributed by atoms with van der Waals surface area (Å²) < 4.78 is 42.3. The van der Waals surface area contributed by atoms with Crippen LogP contribution in [0.25, 0.3) is 0 Å². The molecule has 13 nitrogen and oxygen atoms in total. The molecule has 2 N–H and O–H groups in total. The number of rotatable bonds is 36. The number of cyclic esters (lactones) is 2. The normalized spacial score (nSPS) is 21.6. The molecular weight excluding hydrogens is 939 g/mol. The molecule has 0 saturated carbocycles. The molecule has 4 rings (SSSR count). The lowest BCUT2D eigenvalue weighted by Crippen LogP contribution is -2.62. The van der Waals surface area contributed by atoms with Gasteiger partial charge in [0.1, 0.15) is 36.8 Å². The Morgan fingerprint density at radius 1 is 0.662 bits per heavy atom. The first-order valence-corrected chi connectivity index (χ1v) is 29.0. The van der Waals surface area contributed by atoms with Gasteiger partial charge in [-0.25, -0.2) is 4.79 Å². The number of carbonyl (C=O) groups is 4. The molecular formula is C61H95NO12. The second kappa shape index (κ2) is 39.1. The zero-order valence-electron chi connectivity index (χ0n) is 45.7. The zero-order chi connectivity index (χ0) is 52.9. The van der Waals surface area contributed by atoms with E-state index in [1.54, 1.807) is 55.7 Å². The van der Waals surface area contributed by atoms with Crippen molar-refractivity contribution in [2.24, 2.45) is 0 Å². The average Bonchev–Trinajstić information content (AvgIpc) is 3.41. The van der Waals surface area contributed by atoms with Gasteiger partial charge < -0.3 is 43.6 Å². The molecule has 2 aromatic rings. The van der Waals surface area contributed by atoms with Crippen molar-refractivity contribution in [2.45, 2.75) is 256 Å². The second-order valence-corrected chi connectivity index (χ2v) is 20.5. The van der Waals surface area contributed by atoms with Crippen LogP contribution in [0.2, 0.25) is 0 Å². The van der Waals surface area contributed by atoms with E-state index in [0.29, 0.717) is 12.2 Å². The van der Waals surface area contributed by atoms with Crippen LogP contribution < -0.4 is 10.1 Å². The van der Waals surface area contributed by atoms with Gasteiger partial charge in [-0.3, -0.25) is 14.4 Å². The maximum atomic E-state index is 13.9. The number of nitrogens with one attached hydrogen (secondary N) is 1. The van der Waals surface area contributed by atoms with Gasteiger partial charge in [-0.05, 0) is 55.2 Å². The molecule has 0 aromatic heterocycles. The molecule has 1 amide bonds. The maximum absolute atomic E-state index is 13.9. The number of carbonyl (C=O) groups excluding carboxylic acids is 4. The van der Waals surface area contributed by atoms with Gasteiger partial charge in [0, 0.05) is 6.42 Å². The van der Waals surface area contributed by atoms with E-state index in [9.17, 15) is 24.3 Å². The zero-order valence-corrected chi connectivity index (χ0v) is 45.7. The lowest BCUT2D eigenvalue weighted by molar-refractivity contribution is -0.310. The standard InChI is InChI=1S/C61H95NO12/c1-4-6-8-10-12-14-16-18-19-21-23-25-27-29-34-38-54(63)62-51-46-71-61-59(74-60(67)49-35-31-30-32-36-49)58(70-45-48-39-41-50(68-3)42-40-48)57(66)53(73-61)47-69-55(64)43-44-56(65)72-52(51)37-33-28-26-24-22-20-17-15-13-11-9-7-5-2/h30-33,35-37,39-42,51-53,57-59,61,66H,4-29,34,38,43-47H2,1-3H3,(H,62,63)/b37-33+/t51-,52+,53+,57+,58-,59+,61+/m0/s1. The van der Waals surface area contributed by atoms with E-state index in [1.807, 2.05) is 18.2 Å². The van der Waals surface area contributed by atoms with Gasteiger partial charge in [0.25, 0.3) is 0 Å². The number of hydrogen-bond acceptors (Lipinski definition) is 12. The van der Waals surface area contributed by atoms with Gasteiger partial charge in [0.2, 0.25) is 5.91 Å². The van der Waals surface area contributed by atoms with Gasteiger partial charge in [-0.1, -0.05) is 204 Å². The van der Waals surface area contributed by atoms with Crippen LogP contribution in [0.5, 0.6) is 5.75 Å². The van der Waals surface area contributed by atoms with Crippen LogP contribution in [0.15, 0.2) is 66.7 Å². The molecule has 2 bridgehead atoms. The molecule has 0 unspecified atom stereocenters. The molecule has 2 aliphatic heterocycles. The quantitative estimate of drug-likeness (QED) is 0.0288. The number of aliphatic hydroxyl groups is 1. The summed E-state index contributed by atoms with van der Waals surface area (Å²) in [7, 11) is 1.57. The van der Waals surface area contributed by atoms with Gasteiger partial charge in [0.05, 0.1) is 44.8 Å². The fourth-order valence-electron chi connectivity index (χ4n) is 9.59. The van der Waals surface area contributed by atoms with Crippen molar-refractivity contribution in [2.75, 3.05) is 20.3 Å². The fraction of sp³-hybridized carbons (Fsp3) is 0.705. The lowest BCUT2D eigenvalue weighted by Gasteiger charge is -2.44. The Balaban J connectivity index is 1.48. The Morgan fingerprint density at radius 2 is 1.20 bits per heavy atom. The van der Waals surface area contributed by atoms with Gasteiger partial charge in [-0.2, -0.15) is 0 Å². The molecule has 2 heterocycles. The number of aliphatic hydroxyl groups excluding tert-OH is 1. The number of ether oxygens (including phenoxy) is 7. The lowest BCUT2D eigenvalue weighted by atomic mass is 9.98. The van der Waals surface area contributed by atoms with Crippen LogP contribution in [-0.2, 0) is 49.4 Å². The molecule has 74 heavy (non-hydrogen) atoms. The van der Waals surface area contributed by atoms with E-state index >= 15 is 0 Å². The van der Waals surface area contributed by atoms with Crippen LogP contribution >= 0.6 is 0 Å². The third-order valence-corrected chi connectivity index (χ3v) is 14.2. The van der Waals surface area contributed by atoms with E-state index in [1.165, 1.54) is 122 Å². The predicted molar refractivity (Wildman–Crippen MR) is 290 cm³/mol. The van der Waals surface area contributed by atoms with Crippen molar-refractivity contribution in [3.05, 3.63) is 77.9 Å². The molecule has 7 atom stereocenters. The summed E-state index contributed by atoms with van der Waals surface area (Å²) in [6, 6.07) is 14.7. The minimum Gasteiger partial charge on any atom is -0.497 e. The predicted octanol–water partition coefficient (Wildman–Crippen LogP) is 13.2. The number of hydrogen-bond donors (Lipinski definition) is 2. The fourth-order valence-corrected chi connectivity index (χ4v) is 9.59. The van der Waals surface area contributed by atoms with Crippen molar-refractivity contribution in [3.63, 3.8) is 0 Å². The highest BCUT2D eigenvalue weighted by Gasteiger charge is 2.50.